The van der Waals surface area contributed by atoms with Crippen molar-refractivity contribution in [1.29, 1.82) is 0 Å². The van der Waals surface area contributed by atoms with E-state index in [0.29, 0.717) is 35.4 Å². The summed E-state index contributed by atoms with van der Waals surface area (Å²) in [7, 11) is 3.54. The van der Waals surface area contributed by atoms with Gasteiger partial charge in [0.2, 0.25) is 5.88 Å². The fourth-order valence-electron chi connectivity index (χ4n) is 14.0. The summed E-state index contributed by atoms with van der Waals surface area (Å²) in [6.07, 6.45) is 9.33. The van der Waals surface area contributed by atoms with Crippen LogP contribution in [0.25, 0.3) is 5.69 Å². The molecule has 0 saturated heterocycles. The summed E-state index contributed by atoms with van der Waals surface area (Å²) >= 11 is 0. The third-order valence-electron chi connectivity index (χ3n) is 16.9. The lowest BCUT2D eigenvalue weighted by atomic mass is 9.33. The van der Waals surface area contributed by atoms with Crippen LogP contribution in [0.3, 0.4) is 0 Å². The van der Waals surface area contributed by atoms with Gasteiger partial charge in [0.25, 0.3) is 5.56 Å². The van der Waals surface area contributed by atoms with Gasteiger partial charge in [-0.1, -0.05) is 48.5 Å². The van der Waals surface area contributed by atoms with Crippen LogP contribution < -0.4 is 10.3 Å². The number of aliphatic carboxylic acids is 1. The molecule has 2 heterocycles. The maximum atomic E-state index is 14.4. The molecule has 5 aliphatic carbocycles. The third kappa shape index (κ3) is 5.49. The molecule has 10 heteroatoms. The maximum absolute atomic E-state index is 14.4. The molecular weight excluding hydrogens is 707 g/mol. The molecule has 306 valence electrons. The van der Waals surface area contributed by atoms with E-state index in [1.54, 1.807) is 37.9 Å². The van der Waals surface area contributed by atoms with E-state index in [1.807, 2.05) is 24.7 Å². The van der Waals surface area contributed by atoms with E-state index < -0.39 is 22.8 Å². The number of pyridine rings is 1. The average Bonchev–Trinajstić information content (AvgIpc) is 3.54. The van der Waals surface area contributed by atoms with Crippen LogP contribution in [0.5, 0.6) is 5.88 Å². The summed E-state index contributed by atoms with van der Waals surface area (Å²) in [6.45, 7) is 21.6. The number of hydrogen-bond acceptors (Lipinski definition) is 7. The van der Waals surface area contributed by atoms with Gasteiger partial charge in [0.1, 0.15) is 6.10 Å². The van der Waals surface area contributed by atoms with E-state index in [0.717, 1.165) is 62.6 Å². The van der Waals surface area contributed by atoms with E-state index in [2.05, 4.69) is 53.5 Å². The predicted octanol–water partition coefficient (Wildman–Crippen LogP) is 8.53. The Bertz CT molecular complexity index is 2050. The highest BCUT2D eigenvalue weighted by Gasteiger charge is 2.70. The minimum absolute atomic E-state index is 0.0147. The Labute approximate surface area is 332 Å². The highest BCUT2D eigenvalue weighted by Crippen LogP contribution is 2.77. The second-order valence-electron chi connectivity index (χ2n) is 20.7. The number of carboxylic acid groups (broad SMARTS) is 1. The van der Waals surface area contributed by atoms with E-state index in [4.69, 9.17) is 9.47 Å². The number of Topliss-reactive ketones (excluding diaryl/α,β-unsaturated/α-hetero) is 1. The number of methoxy groups -OCH3 is 1. The van der Waals surface area contributed by atoms with Crippen molar-refractivity contribution in [1.82, 2.24) is 14.3 Å². The van der Waals surface area contributed by atoms with Crippen LogP contribution in [0, 0.1) is 57.7 Å². The first-order valence-corrected chi connectivity index (χ1v) is 21.0. The van der Waals surface area contributed by atoms with Crippen LogP contribution in [0.15, 0.2) is 34.3 Å². The molecular formula is C46H65N3O7. The zero-order valence-electron chi connectivity index (χ0n) is 35.9. The number of carbonyl (C=O) groups excluding carboxylic acids is 2. The van der Waals surface area contributed by atoms with Gasteiger partial charge in [-0.3, -0.25) is 23.9 Å². The highest BCUT2D eigenvalue weighted by molar-refractivity contribution is 6.02. The van der Waals surface area contributed by atoms with Crippen LogP contribution in [-0.4, -0.2) is 50.4 Å². The molecule has 2 aromatic rings. The van der Waals surface area contributed by atoms with Crippen LogP contribution in [0.2, 0.25) is 0 Å². The second kappa shape index (κ2) is 13.2. The largest absolute Gasteiger partial charge is 0.481 e. The van der Waals surface area contributed by atoms with Gasteiger partial charge in [-0.05, 0) is 129 Å². The molecule has 0 bridgehead atoms. The molecule has 10 nitrogen and oxygen atoms in total. The molecule has 5 aliphatic rings. The fourth-order valence-corrected chi connectivity index (χ4v) is 14.0. The van der Waals surface area contributed by atoms with E-state index in [1.165, 1.54) is 5.57 Å². The Hall–Kier alpha value is -3.69. The number of allylic oxidation sites excluding steroid dienone is 2. The minimum Gasteiger partial charge on any atom is -0.481 e. The van der Waals surface area contributed by atoms with Crippen molar-refractivity contribution >= 4 is 17.7 Å². The van der Waals surface area contributed by atoms with Gasteiger partial charge in [-0.25, -0.2) is 9.67 Å². The lowest BCUT2D eigenvalue weighted by Gasteiger charge is -2.72. The molecule has 8 atom stereocenters. The molecule has 7 rings (SSSR count). The monoisotopic (exact) mass is 771 g/mol. The summed E-state index contributed by atoms with van der Waals surface area (Å²) in [6, 6.07) is 3.63. The number of aromatic nitrogens is 3. The molecule has 0 amide bonds. The molecule has 2 aromatic heterocycles. The lowest BCUT2D eigenvalue weighted by Crippen LogP contribution is -2.66. The Morgan fingerprint density at radius 2 is 1.66 bits per heavy atom. The smallest absolute Gasteiger partial charge is 0.309 e. The number of ketones is 1. The Balaban J connectivity index is 1.25. The summed E-state index contributed by atoms with van der Waals surface area (Å²) in [5.74, 6) is 0.377. The van der Waals surface area contributed by atoms with E-state index in [9.17, 15) is 24.3 Å². The van der Waals surface area contributed by atoms with Crippen molar-refractivity contribution in [3.05, 3.63) is 51.1 Å². The summed E-state index contributed by atoms with van der Waals surface area (Å²) in [5, 5.41) is 9.65. The fraction of sp³-hybridized carbons (Fsp3) is 0.717. The van der Waals surface area contributed by atoms with Gasteiger partial charge in [-0.15, -0.1) is 0 Å². The molecule has 0 spiro atoms. The number of fused-ring (bicyclic) bond motifs is 7. The molecule has 56 heavy (non-hydrogen) atoms. The Kier molecular flexibility index (Phi) is 9.52. The standard InChI is InChI=1S/C46H65N3O7/c1-26(2)36-30(50)23-46(38-27(3)39(52)49(48(38)11)28-13-16-34(55-12)47-25-28)22-21-44(9)29(37(36)46)14-15-32-43(8)19-18-33(56-35(51)24-41(4,5)40(53)54)42(6,7)31(43)17-20-45(32,44)10/h13,16,25-26,29,31-33H,14-15,17-24H2,1-12H3,(H,53,54)/t29-,31+,32-,33+,43+,44-,45-,46-/m1/s1. The van der Waals surface area contributed by atoms with E-state index >= 15 is 0 Å². The number of ether oxygens (including phenoxy) is 2. The number of nitrogens with zero attached hydrogens (tertiary/aromatic N) is 3. The number of hydrogen-bond donors (Lipinski definition) is 1. The maximum Gasteiger partial charge on any atom is 0.309 e. The van der Waals surface area contributed by atoms with Gasteiger partial charge in [0.15, 0.2) is 5.78 Å². The first-order valence-electron chi connectivity index (χ1n) is 21.0. The first kappa shape index (κ1) is 40.5. The summed E-state index contributed by atoms with van der Waals surface area (Å²) < 4.78 is 15.2. The average molecular weight is 772 g/mol. The topological polar surface area (TPSA) is 130 Å². The SMILES string of the molecule is COc1ccc(-n2c(=O)c(C)c([C@@]34CC[C@]5(C)[C@H](CC[C@@H]6[C@@]7(C)CC[C@H](OC(=O)CC(C)(C)C(=O)O)C(C)(C)[C@@H]7CC[C@]65C)C3=C(C(C)C)C(=O)C4)n2C)cn1. The number of carbonyl (C=O) groups is 3. The molecule has 0 aromatic carbocycles. The minimum atomic E-state index is -1.18. The van der Waals surface area contributed by atoms with E-state index in [-0.39, 0.29) is 57.4 Å². The van der Waals surface area contributed by atoms with Gasteiger partial charge in [0.05, 0.1) is 36.5 Å². The molecule has 4 saturated carbocycles. The van der Waals surface area contributed by atoms with Gasteiger partial charge >= 0.3 is 11.9 Å². The quantitative estimate of drug-likeness (QED) is 0.265. The zero-order chi connectivity index (χ0) is 41.1. The summed E-state index contributed by atoms with van der Waals surface area (Å²) in [5.41, 5.74) is 2.53. The highest BCUT2D eigenvalue weighted by atomic mass is 16.5. The molecule has 1 N–H and O–H groups in total. The lowest BCUT2D eigenvalue weighted by molar-refractivity contribution is -0.232. The second-order valence-corrected chi connectivity index (χ2v) is 20.7. The van der Waals surface area contributed by atoms with Crippen molar-refractivity contribution in [3.63, 3.8) is 0 Å². The number of carboxylic acids is 1. The number of esters is 1. The van der Waals surface area contributed by atoms with Crippen LogP contribution in [0.1, 0.15) is 138 Å². The summed E-state index contributed by atoms with van der Waals surface area (Å²) in [4.78, 5) is 58.0. The van der Waals surface area contributed by atoms with Crippen molar-refractivity contribution in [3.8, 4) is 11.6 Å². The first-order chi connectivity index (χ1) is 26.0. The van der Waals surface area contributed by atoms with Crippen LogP contribution in [0.4, 0.5) is 0 Å². The van der Waals surface area contributed by atoms with Crippen molar-refractivity contribution in [2.24, 2.45) is 57.8 Å². The predicted molar refractivity (Wildman–Crippen MR) is 215 cm³/mol. The van der Waals surface area contributed by atoms with Crippen molar-refractivity contribution < 1.29 is 29.0 Å². The normalized spacial score (nSPS) is 35.1. The van der Waals surface area contributed by atoms with Crippen LogP contribution >= 0.6 is 0 Å². The number of rotatable bonds is 8. The van der Waals surface area contributed by atoms with Crippen molar-refractivity contribution in [2.75, 3.05) is 7.11 Å². The third-order valence-corrected chi connectivity index (χ3v) is 16.9. The Morgan fingerprint density at radius 1 is 0.964 bits per heavy atom. The molecule has 0 radical (unpaired) electrons. The molecule has 4 fully saturated rings. The van der Waals surface area contributed by atoms with Gasteiger partial charge in [0, 0.05) is 35.9 Å². The van der Waals surface area contributed by atoms with Crippen LogP contribution in [-0.2, 0) is 31.6 Å². The van der Waals surface area contributed by atoms with Gasteiger partial charge in [-0.2, -0.15) is 0 Å². The molecule has 0 unspecified atom stereocenters. The molecule has 0 aliphatic heterocycles. The van der Waals surface area contributed by atoms with Crippen molar-refractivity contribution in [2.45, 2.75) is 145 Å². The zero-order valence-corrected chi connectivity index (χ0v) is 35.9. The van der Waals surface area contributed by atoms with Gasteiger partial charge < -0.3 is 14.6 Å². The Morgan fingerprint density at radius 3 is 2.27 bits per heavy atom.